The SMILES string of the molecule is Nc1ccc(Cl)cc1SCCN1C(=O)CNC1=O. The fourth-order valence-corrected chi connectivity index (χ4v) is 2.74. The van der Waals surface area contributed by atoms with Gasteiger partial charge in [0, 0.05) is 27.9 Å². The average Bonchev–Trinajstić information content (AvgIpc) is 2.65. The molecule has 0 atom stereocenters. The Bertz CT molecular complexity index is 479. The van der Waals surface area contributed by atoms with E-state index in [1.807, 2.05) is 0 Å². The van der Waals surface area contributed by atoms with E-state index in [-0.39, 0.29) is 18.5 Å². The molecule has 1 saturated heterocycles. The number of nitrogens with one attached hydrogen (secondary N) is 1. The number of imide groups is 1. The van der Waals surface area contributed by atoms with Crippen molar-refractivity contribution in [2.24, 2.45) is 0 Å². The molecule has 0 aliphatic carbocycles. The highest BCUT2D eigenvalue weighted by Gasteiger charge is 2.27. The Morgan fingerprint density at radius 2 is 2.22 bits per heavy atom. The zero-order chi connectivity index (χ0) is 13.1. The molecular weight excluding hydrogens is 274 g/mol. The van der Waals surface area contributed by atoms with Crippen molar-refractivity contribution in [3.8, 4) is 0 Å². The lowest BCUT2D eigenvalue weighted by atomic mass is 10.3. The molecule has 1 heterocycles. The molecule has 0 bridgehead atoms. The van der Waals surface area contributed by atoms with E-state index in [0.29, 0.717) is 23.0 Å². The summed E-state index contributed by atoms with van der Waals surface area (Å²) in [5, 5.41) is 3.08. The number of halogens is 1. The molecule has 0 spiro atoms. The number of benzene rings is 1. The van der Waals surface area contributed by atoms with Crippen LogP contribution in [0.1, 0.15) is 0 Å². The summed E-state index contributed by atoms with van der Waals surface area (Å²) in [6.45, 7) is 0.449. The van der Waals surface area contributed by atoms with Crippen LogP contribution in [0.2, 0.25) is 5.02 Å². The van der Waals surface area contributed by atoms with Crippen LogP contribution in [0, 0.1) is 0 Å². The number of anilines is 1. The van der Waals surface area contributed by atoms with E-state index in [1.54, 1.807) is 18.2 Å². The molecule has 0 radical (unpaired) electrons. The van der Waals surface area contributed by atoms with Gasteiger partial charge in [0.1, 0.15) is 0 Å². The number of carbonyl (C=O) groups excluding carboxylic acids is 2. The van der Waals surface area contributed by atoms with E-state index in [2.05, 4.69) is 5.32 Å². The molecule has 96 valence electrons. The molecule has 1 aliphatic heterocycles. The second-order valence-corrected chi connectivity index (χ2v) is 5.31. The highest BCUT2D eigenvalue weighted by atomic mass is 35.5. The van der Waals surface area contributed by atoms with Crippen molar-refractivity contribution in [1.29, 1.82) is 0 Å². The second-order valence-electron chi connectivity index (χ2n) is 3.73. The summed E-state index contributed by atoms with van der Waals surface area (Å²) in [7, 11) is 0. The Hall–Kier alpha value is -1.40. The predicted octanol–water partition coefficient (Wildman–Crippen LogP) is 1.57. The van der Waals surface area contributed by atoms with Crippen molar-refractivity contribution in [3.05, 3.63) is 23.2 Å². The lowest BCUT2D eigenvalue weighted by Gasteiger charge is -2.12. The number of thioether (sulfide) groups is 1. The zero-order valence-electron chi connectivity index (χ0n) is 9.48. The van der Waals surface area contributed by atoms with Gasteiger partial charge in [-0.1, -0.05) is 11.6 Å². The van der Waals surface area contributed by atoms with Gasteiger partial charge in [-0.25, -0.2) is 4.79 Å². The number of nitrogen functional groups attached to an aromatic ring is 1. The lowest BCUT2D eigenvalue weighted by molar-refractivity contribution is -0.124. The summed E-state index contributed by atoms with van der Waals surface area (Å²) in [5.74, 6) is 0.392. The average molecular weight is 286 g/mol. The van der Waals surface area contributed by atoms with Gasteiger partial charge >= 0.3 is 6.03 Å². The molecule has 1 aromatic rings. The van der Waals surface area contributed by atoms with Gasteiger partial charge < -0.3 is 11.1 Å². The fraction of sp³-hybridized carbons (Fsp3) is 0.273. The van der Waals surface area contributed by atoms with E-state index >= 15 is 0 Å². The number of hydrogen-bond donors (Lipinski definition) is 2. The first-order chi connectivity index (χ1) is 8.58. The number of amides is 3. The minimum absolute atomic E-state index is 0.0861. The first kappa shape index (κ1) is 13.0. The Balaban J connectivity index is 1.90. The molecule has 3 N–H and O–H groups in total. The van der Waals surface area contributed by atoms with Crippen molar-refractivity contribution in [2.45, 2.75) is 4.90 Å². The van der Waals surface area contributed by atoms with Crippen LogP contribution in [0.3, 0.4) is 0 Å². The van der Waals surface area contributed by atoms with Crippen LogP contribution in [-0.4, -0.2) is 35.7 Å². The summed E-state index contributed by atoms with van der Waals surface area (Å²) in [5.41, 5.74) is 6.44. The van der Waals surface area contributed by atoms with Gasteiger partial charge in [-0.05, 0) is 18.2 Å². The number of carbonyl (C=O) groups is 2. The summed E-state index contributed by atoms with van der Waals surface area (Å²) < 4.78 is 0. The van der Waals surface area contributed by atoms with Crippen LogP contribution >= 0.6 is 23.4 Å². The third-order valence-corrected chi connectivity index (χ3v) is 3.77. The quantitative estimate of drug-likeness (QED) is 0.500. The van der Waals surface area contributed by atoms with E-state index in [9.17, 15) is 9.59 Å². The summed E-state index contributed by atoms with van der Waals surface area (Å²) in [4.78, 5) is 24.7. The van der Waals surface area contributed by atoms with Crippen molar-refractivity contribution >= 4 is 41.0 Å². The van der Waals surface area contributed by atoms with Crippen LogP contribution in [0.25, 0.3) is 0 Å². The molecule has 1 aromatic carbocycles. The van der Waals surface area contributed by atoms with E-state index in [0.717, 1.165) is 4.90 Å². The van der Waals surface area contributed by atoms with Gasteiger partial charge in [0.15, 0.2) is 0 Å². The first-order valence-electron chi connectivity index (χ1n) is 5.34. The van der Waals surface area contributed by atoms with Gasteiger partial charge in [0.25, 0.3) is 0 Å². The maximum Gasteiger partial charge on any atom is 0.324 e. The number of nitrogens with zero attached hydrogens (tertiary/aromatic N) is 1. The van der Waals surface area contributed by atoms with Crippen LogP contribution in [0.15, 0.2) is 23.1 Å². The molecule has 0 aromatic heterocycles. The summed E-state index contributed by atoms with van der Waals surface area (Å²) in [6, 6.07) is 4.89. The van der Waals surface area contributed by atoms with Crippen LogP contribution < -0.4 is 11.1 Å². The summed E-state index contributed by atoms with van der Waals surface area (Å²) >= 11 is 7.34. The van der Waals surface area contributed by atoms with E-state index in [4.69, 9.17) is 17.3 Å². The molecule has 5 nitrogen and oxygen atoms in total. The molecular formula is C11H12ClN3O2S. The Labute approximate surface area is 114 Å². The molecule has 0 saturated carbocycles. The Kier molecular flexibility index (Phi) is 3.98. The third-order valence-electron chi connectivity index (χ3n) is 2.49. The van der Waals surface area contributed by atoms with Crippen molar-refractivity contribution < 1.29 is 9.59 Å². The topological polar surface area (TPSA) is 75.4 Å². The van der Waals surface area contributed by atoms with E-state index < -0.39 is 0 Å². The molecule has 3 amide bonds. The minimum atomic E-state index is -0.334. The molecule has 0 unspecified atom stereocenters. The largest absolute Gasteiger partial charge is 0.398 e. The third kappa shape index (κ3) is 2.88. The van der Waals surface area contributed by atoms with Gasteiger partial charge in [-0.15, -0.1) is 11.8 Å². The maximum absolute atomic E-state index is 11.3. The van der Waals surface area contributed by atoms with Crippen molar-refractivity contribution in [1.82, 2.24) is 10.2 Å². The smallest absolute Gasteiger partial charge is 0.324 e. The Morgan fingerprint density at radius 3 is 2.89 bits per heavy atom. The standard InChI is InChI=1S/C11H12ClN3O2S/c12-7-1-2-8(13)9(5-7)18-4-3-15-10(16)6-14-11(15)17/h1-2,5H,3-4,6,13H2,(H,14,17). The number of rotatable bonds is 4. The van der Waals surface area contributed by atoms with E-state index in [1.165, 1.54) is 16.7 Å². The fourth-order valence-electron chi connectivity index (χ4n) is 1.56. The normalized spacial score (nSPS) is 15.1. The van der Waals surface area contributed by atoms with Gasteiger partial charge in [0.2, 0.25) is 5.91 Å². The number of hydrogen-bond acceptors (Lipinski definition) is 4. The van der Waals surface area contributed by atoms with Crippen LogP contribution in [-0.2, 0) is 4.79 Å². The van der Waals surface area contributed by atoms with Gasteiger partial charge in [0.05, 0.1) is 6.54 Å². The highest BCUT2D eigenvalue weighted by Crippen LogP contribution is 2.28. The van der Waals surface area contributed by atoms with Crippen molar-refractivity contribution in [3.63, 3.8) is 0 Å². The molecule has 2 rings (SSSR count). The Morgan fingerprint density at radius 1 is 1.44 bits per heavy atom. The molecule has 1 fully saturated rings. The van der Waals surface area contributed by atoms with Gasteiger partial charge in [-0.2, -0.15) is 0 Å². The van der Waals surface area contributed by atoms with Crippen molar-refractivity contribution in [2.75, 3.05) is 24.6 Å². The molecule has 7 heteroatoms. The second kappa shape index (κ2) is 5.49. The summed E-state index contributed by atoms with van der Waals surface area (Å²) in [6.07, 6.45) is 0. The van der Waals surface area contributed by atoms with Crippen LogP contribution in [0.4, 0.5) is 10.5 Å². The predicted molar refractivity (Wildman–Crippen MR) is 71.7 cm³/mol. The van der Waals surface area contributed by atoms with Crippen LogP contribution in [0.5, 0.6) is 0 Å². The monoisotopic (exact) mass is 285 g/mol. The maximum atomic E-state index is 11.3. The highest BCUT2D eigenvalue weighted by molar-refractivity contribution is 7.99. The van der Waals surface area contributed by atoms with Gasteiger partial charge in [-0.3, -0.25) is 9.69 Å². The minimum Gasteiger partial charge on any atom is -0.398 e. The molecule has 1 aliphatic rings. The zero-order valence-corrected chi connectivity index (χ0v) is 11.1. The first-order valence-corrected chi connectivity index (χ1v) is 6.70. The number of urea groups is 1. The molecule has 18 heavy (non-hydrogen) atoms. The lowest BCUT2D eigenvalue weighted by Crippen LogP contribution is -2.32. The number of nitrogens with two attached hydrogens (primary N) is 1.